The fourth-order valence-electron chi connectivity index (χ4n) is 3.60. The van der Waals surface area contributed by atoms with Gasteiger partial charge >= 0.3 is 5.97 Å². The van der Waals surface area contributed by atoms with Gasteiger partial charge in [-0.2, -0.15) is 0 Å². The molecule has 10 heteroatoms. The first kappa shape index (κ1) is 21.7. The number of hydrogen-bond acceptors (Lipinski definition) is 7. The first-order valence-electron chi connectivity index (χ1n) is 9.69. The van der Waals surface area contributed by atoms with Crippen molar-refractivity contribution in [1.29, 1.82) is 0 Å². The summed E-state index contributed by atoms with van der Waals surface area (Å²) in [6.45, 7) is 0.116. The van der Waals surface area contributed by atoms with Crippen LogP contribution < -0.4 is 9.64 Å². The number of carbonyl (C=O) groups excluding carboxylic acids is 2. The molecule has 0 unspecified atom stereocenters. The number of benzene rings is 2. The molecule has 0 saturated carbocycles. The van der Waals surface area contributed by atoms with Crippen molar-refractivity contribution in [2.75, 3.05) is 32.2 Å². The van der Waals surface area contributed by atoms with Crippen LogP contribution in [0.1, 0.15) is 12.8 Å². The van der Waals surface area contributed by atoms with E-state index in [9.17, 15) is 18.0 Å². The summed E-state index contributed by atoms with van der Waals surface area (Å²) in [5.41, 5.74) is 0.746. The Labute approximate surface area is 185 Å². The van der Waals surface area contributed by atoms with E-state index in [2.05, 4.69) is 0 Å². The molecule has 2 aromatic carbocycles. The zero-order valence-corrected chi connectivity index (χ0v) is 18.7. The van der Waals surface area contributed by atoms with Crippen LogP contribution in [0.3, 0.4) is 0 Å². The highest BCUT2D eigenvalue weighted by Gasteiger charge is 2.58. The molecule has 0 aromatic heterocycles. The summed E-state index contributed by atoms with van der Waals surface area (Å²) in [5.74, 6) is -0.0822. The molecule has 2 heterocycles. The van der Waals surface area contributed by atoms with Crippen molar-refractivity contribution in [3.63, 3.8) is 0 Å². The molecule has 0 N–H and O–H groups in total. The first-order valence-corrected chi connectivity index (χ1v) is 11.9. The molecule has 2 aromatic rings. The second-order valence-electron chi connectivity index (χ2n) is 7.33. The normalized spacial score (nSPS) is 20.0. The summed E-state index contributed by atoms with van der Waals surface area (Å²) in [6, 6.07) is 13.5. The predicted octanol–water partition coefficient (Wildman–Crippen LogP) is 2.49. The number of ether oxygens (including phenoxy) is 2. The standard InChI is InChI=1S/C21H22N2O6S2/c1-22(2)31(26,27)16-9-7-15(8-10-16)28-13-14-29-20(25)21-12-11-19(24)23(21)17-5-3-4-6-18(17)30-21/h3-10H,11-14H2,1-2H3/t21-/m0/s1. The van der Waals surface area contributed by atoms with Crippen molar-refractivity contribution in [3.8, 4) is 5.75 Å². The largest absolute Gasteiger partial charge is 0.490 e. The van der Waals surface area contributed by atoms with Gasteiger partial charge in [0.1, 0.15) is 19.0 Å². The molecule has 2 aliphatic rings. The smallest absolute Gasteiger partial charge is 0.343 e. The summed E-state index contributed by atoms with van der Waals surface area (Å²) >= 11 is 1.36. The number of amides is 1. The zero-order chi connectivity index (χ0) is 22.2. The average Bonchev–Trinajstić information content (AvgIpc) is 3.27. The van der Waals surface area contributed by atoms with E-state index in [1.807, 2.05) is 24.3 Å². The highest BCUT2D eigenvalue weighted by Crippen LogP contribution is 2.56. The summed E-state index contributed by atoms with van der Waals surface area (Å²) in [7, 11) is -0.570. The fraction of sp³-hybridized carbons (Fsp3) is 0.333. The summed E-state index contributed by atoms with van der Waals surface area (Å²) in [5, 5.41) is 0. The van der Waals surface area contributed by atoms with Gasteiger partial charge in [-0.3, -0.25) is 9.69 Å². The maximum absolute atomic E-state index is 12.9. The minimum Gasteiger partial charge on any atom is -0.490 e. The van der Waals surface area contributed by atoms with Crippen LogP contribution in [0.2, 0.25) is 0 Å². The van der Waals surface area contributed by atoms with E-state index >= 15 is 0 Å². The minimum atomic E-state index is -3.50. The van der Waals surface area contributed by atoms with Crippen LogP contribution in [0, 0.1) is 0 Å². The molecule has 8 nitrogen and oxygen atoms in total. The number of para-hydroxylation sites is 1. The molecule has 0 radical (unpaired) electrons. The molecule has 1 amide bonds. The van der Waals surface area contributed by atoms with Gasteiger partial charge in [-0.15, -0.1) is 0 Å². The Hall–Kier alpha value is -2.56. The van der Waals surface area contributed by atoms with Gasteiger partial charge in [0.2, 0.25) is 15.9 Å². The van der Waals surface area contributed by atoms with E-state index in [4.69, 9.17) is 9.47 Å². The Morgan fingerprint density at radius 3 is 2.55 bits per heavy atom. The van der Waals surface area contributed by atoms with Crippen molar-refractivity contribution in [1.82, 2.24) is 4.31 Å². The topological polar surface area (TPSA) is 93.2 Å². The lowest BCUT2D eigenvalue weighted by molar-refractivity contribution is -0.147. The van der Waals surface area contributed by atoms with E-state index in [1.165, 1.54) is 38.0 Å². The van der Waals surface area contributed by atoms with Crippen LogP contribution in [-0.2, 0) is 24.3 Å². The summed E-state index contributed by atoms with van der Waals surface area (Å²) in [4.78, 5) is 26.9. The van der Waals surface area contributed by atoms with E-state index < -0.39 is 20.9 Å². The van der Waals surface area contributed by atoms with Gasteiger partial charge in [0.15, 0.2) is 4.87 Å². The number of esters is 1. The lowest BCUT2D eigenvalue weighted by Gasteiger charge is -2.28. The molecular weight excluding hydrogens is 440 g/mol. The molecule has 164 valence electrons. The van der Waals surface area contributed by atoms with Gasteiger partial charge in [-0.05, 0) is 36.4 Å². The molecule has 4 rings (SSSR count). The maximum Gasteiger partial charge on any atom is 0.343 e. The van der Waals surface area contributed by atoms with Crippen molar-refractivity contribution < 1.29 is 27.5 Å². The number of thioether (sulfide) groups is 1. The lowest BCUT2D eigenvalue weighted by Crippen LogP contribution is -2.48. The van der Waals surface area contributed by atoms with E-state index in [1.54, 1.807) is 17.0 Å². The quantitative estimate of drug-likeness (QED) is 0.461. The third-order valence-electron chi connectivity index (χ3n) is 5.18. The molecular formula is C21H22N2O6S2. The number of fused-ring (bicyclic) bond motifs is 3. The molecule has 1 atom stereocenters. The Morgan fingerprint density at radius 1 is 1.13 bits per heavy atom. The third-order valence-corrected chi connectivity index (χ3v) is 8.47. The van der Waals surface area contributed by atoms with Crippen LogP contribution in [-0.4, -0.2) is 56.8 Å². The molecule has 0 aliphatic carbocycles. The Balaban J connectivity index is 1.35. The number of carbonyl (C=O) groups is 2. The zero-order valence-electron chi connectivity index (χ0n) is 17.1. The van der Waals surface area contributed by atoms with Gasteiger partial charge in [-0.25, -0.2) is 17.5 Å². The minimum absolute atomic E-state index is 0.0112. The van der Waals surface area contributed by atoms with Crippen molar-refractivity contribution in [3.05, 3.63) is 48.5 Å². The van der Waals surface area contributed by atoms with Crippen molar-refractivity contribution in [2.45, 2.75) is 27.5 Å². The maximum atomic E-state index is 12.9. The molecule has 0 spiro atoms. The van der Waals surface area contributed by atoms with Gasteiger partial charge in [0.05, 0.1) is 10.6 Å². The number of nitrogens with zero attached hydrogens (tertiary/aromatic N) is 2. The van der Waals surface area contributed by atoms with Gasteiger partial charge < -0.3 is 9.47 Å². The van der Waals surface area contributed by atoms with Crippen molar-refractivity contribution >= 4 is 39.3 Å². The highest BCUT2D eigenvalue weighted by atomic mass is 32.2. The van der Waals surface area contributed by atoms with Crippen LogP contribution in [0.25, 0.3) is 0 Å². The van der Waals surface area contributed by atoms with Crippen LogP contribution >= 0.6 is 11.8 Å². The molecule has 31 heavy (non-hydrogen) atoms. The molecule has 2 aliphatic heterocycles. The monoisotopic (exact) mass is 462 g/mol. The van der Waals surface area contributed by atoms with Crippen LogP contribution in [0.4, 0.5) is 5.69 Å². The molecule has 1 saturated heterocycles. The predicted molar refractivity (Wildman–Crippen MR) is 116 cm³/mol. The number of rotatable bonds is 7. The van der Waals surface area contributed by atoms with Crippen molar-refractivity contribution in [2.24, 2.45) is 0 Å². The van der Waals surface area contributed by atoms with Gasteiger partial charge in [0.25, 0.3) is 0 Å². The Kier molecular flexibility index (Phi) is 5.71. The Morgan fingerprint density at radius 2 is 1.84 bits per heavy atom. The third kappa shape index (κ3) is 3.79. The summed E-state index contributed by atoms with van der Waals surface area (Å²) in [6.07, 6.45) is 0.696. The number of hydrogen-bond donors (Lipinski definition) is 0. The lowest BCUT2D eigenvalue weighted by atomic mass is 10.2. The van der Waals surface area contributed by atoms with Gasteiger partial charge in [0, 0.05) is 31.8 Å². The molecule has 1 fully saturated rings. The highest BCUT2D eigenvalue weighted by molar-refractivity contribution is 8.02. The number of anilines is 1. The molecule has 0 bridgehead atoms. The van der Waals surface area contributed by atoms with Crippen LogP contribution in [0.15, 0.2) is 58.3 Å². The van der Waals surface area contributed by atoms with E-state index in [0.717, 1.165) is 14.9 Å². The first-order chi connectivity index (χ1) is 14.8. The number of sulfonamides is 1. The van der Waals surface area contributed by atoms with E-state index in [-0.39, 0.29) is 24.0 Å². The summed E-state index contributed by atoms with van der Waals surface area (Å²) < 4.78 is 36.4. The van der Waals surface area contributed by atoms with Gasteiger partial charge in [-0.1, -0.05) is 23.9 Å². The van der Waals surface area contributed by atoms with E-state index in [0.29, 0.717) is 18.6 Å². The average molecular weight is 463 g/mol. The second kappa shape index (κ2) is 8.18. The Bertz CT molecular complexity index is 1120. The SMILES string of the molecule is CN(C)S(=O)(=O)c1ccc(OCCOC(=O)[C@@]23CCC(=O)N2c2ccccc2S3)cc1. The second-order valence-corrected chi connectivity index (χ2v) is 10.8. The fourth-order valence-corrected chi connectivity index (χ4v) is 5.91. The van der Waals surface area contributed by atoms with Crippen LogP contribution in [0.5, 0.6) is 5.75 Å².